The fraction of sp³-hybridized carbons (Fsp3) is 0.471. The van der Waals surface area contributed by atoms with Gasteiger partial charge in [0, 0.05) is 36.0 Å². The first-order valence-corrected chi connectivity index (χ1v) is 9.13. The van der Waals surface area contributed by atoms with Gasteiger partial charge in [-0.15, -0.1) is 11.8 Å². The van der Waals surface area contributed by atoms with Crippen molar-refractivity contribution in [1.82, 2.24) is 9.78 Å². The molecule has 0 aliphatic carbocycles. The molecule has 2 atom stereocenters. The van der Waals surface area contributed by atoms with E-state index in [4.69, 9.17) is 11.6 Å². The van der Waals surface area contributed by atoms with Crippen molar-refractivity contribution < 1.29 is 5.11 Å². The van der Waals surface area contributed by atoms with Crippen LogP contribution in [0.2, 0.25) is 5.02 Å². The van der Waals surface area contributed by atoms with Gasteiger partial charge in [0.1, 0.15) is 5.82 Å². The second-order valence-electron chi connectivity index (χ2n) is 6.00. The Hall–Kier alpha value is -1.17. The number of halogens is 1. The monoisotopic (exact) mass is 351 g/mol. The summed E-state index contributed by atoms with van der Waals surface area (Å²) in [6, 6.07) is 6.09. The average Bonchev–Trinajstić information content (AvgIpc) is 2.66. The van der Waals surface area contributed by atoms with Gasteiger partial charge in [-0.05, 0) is 43.5 Å². The van der Waals surface area contributed by atoms with E-state index in [2.05, 4.69) is 30.3 Å². The van der Waals surface area contributed by atoms with Crippen LogP contribution in [0.3, 0.4) is 0 Å². The number of thioether (sulfide) groups is 1. The van der Waals surface area contributed by atoms with Crippen LogP contribution >= 0.6 is 23.4 Å². The molecule has 1 aliphatic rings. The van der Waals surface area contributed by atoms with Crippen LogP contribution in [-0.4, -0.2) is 33.3 Å². The van der Waals surface area contributed by atoms with E-state index in [1.165, 1.54) is 16.7 Å². The summed E-state index contributed by atoms with van der Waals surface area (Å²) in [6.07, 6.45) is 0.779. The summed E-state index contributed by atoms with van der Waals surface area (Å²) in [4.78, 5) is 0. The maximum absolute atomic E-state index is 9.36. The third-order valence-electron chi connectivity index (χ3n) is 4.32. The van der Waals surface area contributed by atoms with Crippen LogP contribution < -0.4 is 5.32 Å². The molecule has 3 rings (SSSR count). The van der Waals surface area contributed by atoms with E-state index in [0.717, 1.165) is 29.5 Å². The topological polar surface area (TPSA) is 50.1 Å². The Balaban J connectivity index is 2.10. The molecule has 6 heteroatoms. The molecular weight excluding hydrogens is 330 g/mol. The molecule has 1 aliphatic heterocycles. The summed E-state index contributed by atoms with van der Waals surface area (Å²) < 4.78 is 1.92. The molecule has 2 N–H and O–H groups in total. The molecule has 2 unspecified atom stereocenters. The fourth-order valence-electron chi connectivity index (χ4n) is 3.19. The number of aliphatic hydroxyl groups excluding tert-OH is 1. The fourth-order valence-corrected chi connectivity index (χ4v) is 5.06. The number of anilines is 1. The maximum Gasteiger partial charge on any atom is 0.128 e. The normalized spacial score (nSPS) is 20.7. The summed E-state index contributed by atoms with van der Waals surface area (Å²) >= 11 is 8.03. The number of hydrogen-bond acceptors (Lipinski definition) is 4. The molecule has 2 heterocycles. The van der Waals surface area contributed by atoms with E-state index in [-0.39, 0.29) is 11.9 Å². The molecule has 1 aromatic carbocycles. The van der Waals surface area contributed by atoms with Crippen LogP contribution in [0.4, 0.5) is 5.82 Å². The molecule has 2 aromatic rings. The minimum atomic E-state index is 0.197. The van der Waals surface area contributed by atoms with E-state index < -0.39 is 0 Å². The molecular formula is C17H22ClN3OS. The number of aromatic nitrogens is 2. The highest BCUT2D eigenvalue weighted by Gasteiger charge is 2.31. The Bertz CT molecular complexity index is 716. The van der Waals surface area contributed by atoms with Crippen LogP contribution in [-0.2, 0) is 7.05 Å². The van der Waals surface area contributed by atoms with Gasteiger partial charge in [0.15, 0.2) is 0 Å². The second kappa shape index (κ2) is 6.75. The number of hydrogen-bond donors (Lipinski definition) is 2. The van der Waals surface area contributed by atoms with E-state index in [9.17, 15) is 5.11 Å². The lowest BCUT2D eigenvalue weighted by Gasteiger charge is -2.22. The van der Waals surface area contributed by atoms with Crippen LogP contribution in [0.5, 0.6) is 0 Å². The quantitative estimate of drug-likeness (QED) is 0.885. The molecule has 0 radical (unpaired) electrons. The Kier molecular flexibility index (Phi) is 4.90. The lowest BCUT2D eigenvalue weighted by molar-refractivity contribution is 0.288. The van der Waals surface area contributed by atoms with Crippen molar-refractivity contribution in [3.05, 3.63) is 45.6 Å². The lowest BCUT2D eigenvalue weighted by atomic mass is 10.00. The lowest BCUT2D eigenvalue weighted by Crippen LogP contribution is -2.18. The summed E-state index contributed by atoms with van der Waals surface area (Å²) in [5.74, 6) is 1.08. The van der Waals surface area contributed by atoms with Crippen LogP contribution in [0.15, 0.2) is 18.2 Å². The van der Waals surface area contributed by atoms with Gasteiger partial charge in [0.05, 0.1) is 10.9 Å². The molecule has 0 fully saturated rings. The zero-order chi connectivity index (χ0) is 16.6. The number of nitrogens with one attached hydrogen (secondary N) is 1. The first-order chi connectivity index (χ1) is 11.0. The van der Waals surface area contributed by atoms with Crippen LogP contribution in [0, 0.1) is 13.8 Å². The molecule has 0 saturated carbocycles. The van der Waals surface area contributed by atoms with E-state index >= 15 is 0 Å². The smallest absolute Gasteiger partial charge is 0.128 e. The zero-order valence-electron chi connectivity index (χ0n) is 13.6. The Morgan fingerprint density at radius 2 is 2.22 bits per heavy atom. The molecule has 0 amide bonds. The van der Waals surface area contributed by atoms with E-state index in [1.807, 2.05) is 35.6 Å². The van der Waals surface area contributed by atoms with Crippen LogP contribution in [0.1, 0.15) is 34.1 Å². The maximum atomic E-state index is 9.36. The molecule has 1 aromatic heterocycles. The standard InChI is InChI=1S/C17H22ClN3OS/c1-10-8-12(18)4-5-14(10)16-15-11(2)20-21(3)17(15)19-9-13(23-16)6-7-22/h4-5,8,13,16,19,22H,6-7,9H2,1-3H3. The highest BCUT2D eigenvalue weighted by Crippen LogP contribution is 2.46. The minimum absolute atomic E-state index is 0.197. The number of aryl methyl sites for hydroxylation is 3. The van der Waals surface area contributed by atoms with Gasteiger partial charge in [-0.25, -0.2) is 0 Å². The minimum Gasteiger partial charge on any atom is -0.396 e. The highest BCUT2D eigenvalue weighted by atomic mass is 35.5. The summed E-state index contributed by atoms with van der Waals surface area (Å²) in [7, 11) is 1.97. The predicted molar refractivity (Wildman–Crippen MR) is 97.5 cm³/mol. The van der Waals surface area contributed by atoms with Crippen molar-refractivity contribution in [3.8, 4) is 0 Å². The van der Waals surface area contributed by atoms with E-state index in [0.29, 0.717) is 5.25 Å². The Labute approximate surface area is 146 Å². The molecule has 124 valence electrons. The number of nitrogens with zero attached hydrogens (tertiary/aromatic N) is 2. The number of aliphatic hydroxyl groups is 1. The summed E-state index contributed by atoms with van der Waals surface area (Å²) in [5, 5.41) is 18.8. The second-order valence-corrected chi connectivity index (χ2v) is 7.85. The van der Waals surface area contributed by atoms with Crippen molar-refractivity contribution in [3.63, 3.8) is 0 Å². The third kappa shape index (κ3) is 3.23. The van der Waals surface area contributed by atoms with Gasteiger partial charge < -0.3 is 10.4 Å². The molecule has 23 heavy (non-hydrogen) atoms. The Morgan fingerprint density at radius 3 is 2.91 bits per heavy atom. The molecule has 0 spiro atoms. The van der Waals surface area contributed by atoms with Gasteiger partial charge in [-0.2, -0.15) is 5.10 Å². The first-order valence-electron chi connectivity index (χ1n) is 7.81. The zero-order valence-corrected chi connectivity index (χ0v) is 15.2. The van der Waals surface area contributed by atoms with Gasteiger partial charge >= 0.3 is 0 Å². The third-order valence-corrected chi connectivity index (χ3v) is 6.11. The number of fused-ring (bicyclic) bond motifs is 1. The van der Waals surface area contributed by atoms with Crippen molar-refractivity contribution >= 4 is 29.2 Å². The Morgan fingerprint density at radius 1 is 1.43 bits per heavy atom. The largest absolute Gasteiger partial charge is 0.396 e. The summed E-state index contributed by atoms with van der Waals surface area (Å²) in [5.41, 5.74) is 4.74. The molecule has 0 bridgehead atoms. The van der Waals surface area contributed by atoms with Crippen molar-refractivity contribution in [2.24, 2.45) is 7.05 Å². The molecule has 4 nitrogen and oxygen atoms in total. The van der Waals surface area contributed by atoms with Crippen molar-refractivity contribution in [2.45, 2.75) is 30.8 Å². The summed E-state index contributed by atoms with van der Waals surface area (Å²) in [6.45, 7) is 5.21. The van der Waals surface area contributed by atoms with Gasteiger partial charge in [0.2, 0.25) is 0 Å². The van der Waals surface area contributed by atoms with Crippen LogP contribution in [0.25, 0.3) is 0 Å². The number of rotatable bonds is 3. The van der Waals surface area contributed by atoms with Gasteiger partial charge in [-0.1, -0.05) is 17.7 Å². The van der Waals surface area contributed by atoms with Crippen molar-refractivity contribution in [1.29, 1.82) is 0 Å². The average molecular weight is 352 g/mol. The SMILES string of the molecule is Cc1cc(Cl)ccc1C1SC(CCO)CNc2c1c(C)nn2C. The first kappa shape index (κ1) is 16.7. The number of benzene rings is 1. The van der Waals surface area contributed by atoms with Crippen molar-refractivity contribution in [2.75, 3.05) is 18.5 Å². The van der Waals surface area contributed by atoms with E-state index in [1.54, 1.807) is 0 Å². The van der Waals surface area contributed by atoms with Gasteiger partial charge in [0.25, 0.3) is 0 Å². The highest BCUT2D eigenvalue weighted by molar-refractivity contribution is 8.00. The van der Waals surface area contributed by atoms with Gasteiger partial charge in [-0.3, -0.25) is 4.68 Å². The predicted octanol–water partition coefficient (Wildman–Crippen LogP) is 3.69. The molecule has 0 saturated heterocycles.